The average Bonchev–Trinajstić information content (AvgIpc) is 0.754. The van der Waals surface area contributed by atoms with Crippen molar-refractivity contribution in [1.82, 2.24) is 0 Å². The number of hydrogen-bond donors (Lipinski definition) is 0. The summed E-state index contributed by atoms with van der Waals surface area (Å²) in [6, 6.07) is 93.4. The minimum Gasteiger partial charge on any atom is -0.310 e. The molecule has 0 aliphatic rings. The van der Waals surface area contributed by atoms with Crippen LogP contribution in [0.1, 0.15) is 158 Å². The summed E-state index contributed by atoms with van der Waals surface area (Å²) in [6.45, 7) is 41.3. The first kappa shape index (κ1) is 68.6. The zero-order valence-electron chi connectivity index (χ0n) is 59.8. The zero-order valence-corrected chi connectivity index (χ0v) is 61.3. The first-order valence-electron chi connectivity index (χ1n) is 33.9. The fraction of sp³-hybridized carbons (Fsp3) is 0.267. The topological polar surface area (TPSA) is 13.0 Å². The van der Waals surface area contributed by atoms with Crippen molar-refractivity contribution in [3.63, 3.8) is 0 Å². The summed E-state index contributed by atoms with van der Waals surface area (Å²) >= 11 is 15.5. The van der Waals surface area contributed by atoms with E-state index in [1.54, 1.807) is 0 Å². The predicted octanol–water partition coefficient (Wildman–Crippen LogP) is 28.0. The number of halogens is 2. The third-order valence-corrected chi connectivity index (χ3v) is 18.8. The maximum absolute atomic E-state index is 7.73. The molecule has 0 aromatic heterocycles. The average molecular weight is 1300 g/mol. The summed E-state index contributed by atoms with van der Waals surface area (Å²) in [4.78, 5) is 9.58. The highest BCUT2D eigenvalue weighted by Gasteiger charge is 2.31. The Hall–Kier alpha value is -8.80. The van der Waals surface area contributed by atoms with E-state index < -0.39 is 0 Å². The molecule has 0 fully saturated rings. The lowest BCUT2D eigenvalue weighted by atomic mass is 9.80. The van der Waals surface area contributed by atoms with Crippen molar-refractivity contribution in [1.29, 1.82) is 0 Å². The highest BCUT2D eigenvalue weighted by molar-refractivity contribution is 6.31. The molecule has 6 heteroatoms. The smallest absolute Gasteiger partial charge is 0.0540 e. The minimum atomic E-state index is -0.143. The van der Waals surface area contributed by atoms with Crippen LogP contribution in [-0.2, 0) is 32.5 Å². The second-order valence-electron chi connectivity index (χ2n) is 32.1. The third-order valence-electron chi connectivity index (χ3n) is 18.3. The van der Waals surface area contributed by atoms with Crippen LogP contribution in [0.2, 0.25) is 10.0 Å². The van der Waals surface area contributed by atoms with Gasteiger partial charge in [0.1, 0.15) is 0 Å². The Morgan fingerprint density at radius 1 is 0.198 bits per heavy atom. The van der Waals surface area contributed by atoms with Gasteiger partial charge in [0.15, 0.2) is 0 Å². The second-order valence-corrected chi connectivity index (χ2v) is 33.0. The molecular formula is C90H96Cl2N4. The van der Waals surface area contributed by atoms with Crippen LogP contribution in [0.4, 0.5) is 68.2 Å². The predicted molar refractivity (Wildman–Crippen MR) is 418 cm³/mol. The highest BCUT2D eigenvalue weighted by Crippen LogP contribution is 2.52. The fourth-order valence-corrected chi connectivity index (χ4v) is 13.1. The Balaban J connectivity index is 1.22. The molecule has 96 heavy (non-hydrogen) atoms. The van der Waals surface area contributed by atoms with Gasteiger partial charge in [0, 0.05) is 78.0 Å². The highest BCUT2D eigenvalue weighted by atomic mass is 35.5. The van der Waals surface area contributed by atoms with Crippen molar-refractivity contribution in [2.24, 2.45) is 0 Å². The Morgan fingerprint density at radius 3 is 0.740 bits per heavy atom. The van der Waals surface area contributed by atoms with E-state index in [1.807, 2.05) is 0 Å². The Kier molecular flexibility index (Phi) is 19.0. The molecule has 0 aliphatic heterocycles. The first-order valence-corrected chi connectivity index (χ1v) is 34.7. The third kappa shape index (κ3) is 15.2. The number of para-hydroxylation sites is 2. The molecule has 0 heterocycles. The molecule has 0 amide bonds. The summed E-state index contributed by atoms with van der Waals surface area (Å²) < 4.78 is 0. The van der Waals surface area contributed by atoms with Crippen LogP contribution in [0.5, 0.6) is 0 Å². The van der Waals surface area contributed by atoms with Crippen molar-refractivity contribution >= 4 is 91.5 Å². The van der Waals surface area contributed by atoms with E-state index in [1.165, 1.54) is 33.4 Å². The van der Waals surface area contributed by atoms with Crippen molar-refractivity contribution in [3.05, 3.63) is 298 Å². The van der Waals surface area contributed by atoms with Crippen LogP contribution in [0, 0.1) is 0 Å². The molecule has 0 bridgehead atoms. The van der Waals surface area contributed by atoms with Gasteiger partial charge in [-0.15, -0.1) is 0 Å². The van der Waals surface area contributed by atoms with Crippen LogP contribution in [0.3, 0.4) is 0 Å². The van der Waals surface area contributed by atoms with Crippen LogP contribution in [0.15, 0.2) is 255 Å². The van der Waals surface area contributed by atoms with Gasteiger partial charge in [0.25, 0.3) is 0 Å². The van der Waals surface area contributed by atoms with E-state index >= 15 is 0 Å². The lowest BCUT2D eigenvalue weighted by Crippen LogP contribution is -2.19. The van der Waals surface area contributed by atoms with Crippen LogP contribution in [-0.4, -0.2) is 0 Å². The van der Waals surface area contributed by atoms with Gasteiger partial charge < -0.3 is 19.6 Å². The lowest BCUT2D eigenvalue weighted by Gasteiger charge is -2.34. The van der Waals surface area contributed by atoms with Crippen LogP contribution in [0.25, 0.3) is 22.3 Å². The molecule has 490 valence electrons. The summed E-state index contributed by atoms with van der Waals surface area (Å²) in [6.07, 6.45) is 0. The molecule has 11 aromatic rings. The minimum absolute atomic E-state index is 0.126. The molecule has 0 aliphatic carbocycles. The first-order chi connectivity index (χ1) is 45.2. The lowest BCUT2D eigenvalue weighted by molar-refractivity contribution is 0.568. The molecule has 11 aromatic carbocycles. The Morgan fingerprint density at radius 2 is 0.448 bits per heavy atom. The molecule has 0 unspecified atom stereocenters. The normalized spacial score (nSPS) is 12.4. The molecule has 0 radical (unpaired) electrons. The Bertz CT molecular complexity index is 4200. The van der Waals surface area contributed by atoms with E-state index in [-0.39, 0.29) is 32.5 Å². The number of hydrogen-bond acceptors (Lipinski definition) is 4. The van der Waals surface area contributed by atoms with Gasteiger partial charge in [-0.2, -0.15) is 0 Å². The van der Waals surface area contributed by atoms with Crippen molar-refractivity contribution in [2.45, 2.75) is 157 Å². The van der Waals surface area contributed by atoms with E-state index in [2.05, 4.69) is 399 Å². The molecule has 4 nitrogen and oxygen atoms in total. The number of anilines is 12. The molecule has 0 atom stereocenters. The molecule has 0 saturated heterocycles. The van der Waals surface area contributed by atoms with Gasteiger partial charge in [0.2, 0.25) is 0 Å². The molecule has 11 rings (SSSR count). The SMILES string of the molecule is CC(C)(C)c1cc(N(c2ccccc2)c2cc(Cl)cc(N(c3cccc(N(c4cc(Cl)cc(N(c5ccccc5)c5cc(C(C)(C)C)cc(C(C)(C)C)c5)c4)c4ccc(C(C)(C)C)cc4-c4ccccc4)c3)c3ccc(C(C)(C)C)cc3-c3ccccc3)c2)cc(C(C)(C)C)c1. The summed E-state index contributed by atoms with van der Waals surface area (Å²) in [5.74, 6) is 0. The molecule has 0 saturated carbocycles. The maximum Gasteiger partial charge on any atom is 0.0540 e. The summed E-state index contributed by atoms with van der Waals surface area (Å²) in [5.41, 5.74) is 22.7. The van der Waals surface area contributed by atoms with Gasteiger partial charge in [-0.05, 0) is 204 Å². The monoisotopic (exact) mass is 1300 g/mol. The molecular weight excluding hydrogens is 1210 g/mol. The van der Waals surface area contributed by atoms with Gasteiger partial charge in [-0.3, -0.25) is 0 Å². The molecule has 0 N–H and O–H groups in total. The summed E-state index contributed by atoms with van der Waals surface area (Å²) in [5, 5.41) is 1.20. The molecule has 0 spiro atoms. The second kappa shape index (κ2) is 26.7. The Labute approximate surface area is 584 Å². The maximum atomic E-state index is 7.73. The van der Waals surface area contributed by atoms with E-state index in [0.29, 0.717) is 10.0 Å². The van der Waals surface area contributed by atoms with Crippen molar-refractivity contribution in [3.8, 4) is 22.3 Å². The number of benzene rings is 11. The van der Waals surface area contributed by atoms with E-state index in [0.717, 1.165) is 90.5 Å². The van der Waals surface area contributed by atoms with E-state index in [4.69, 9.17) is 23.2 Å². The summed E-state index contributed by atoms with van der Waals surface area (Å²) in [7, 11) is 0. The fourth-order valence-electron chi connectivity index (χ4n) is 12.6. The van der Waals surface area contributed by atoms with E-state index in [9.17, 15) is 0 Å². The van der Waals surface area contributed by atoms with Crippen molar-refractivity contribution in [2.75, 3.05) is 19.6 Å². The van der Waals surface area contributed by atoms with Crippen LogP contribution >= 0.6 is 23.2 Å². The zero-order chi connectivity index (χ0) is 68.9. The van der Waals surface area contributed by atoms with Gasteiger partial charge in [-0.1, -0.05) is 275 Å². The van der Waals surface area contributed by atoms with Crippen LogP contribution < -0.4 is 19.6 Å². The quantitative estimate of drug-likeness (QED) is 0.108. The largest absolute Gasteiger partial charge is 0.310 e. The number of nitrogens with zero attached hydrogens (tertiary/aromatic N) is 4. The number of rotatable bonds is 14. The standard InChI is InChI=1S/C90H96Cl2N4/c1-85(2,3)63-42-44-83(81(52-63)61-32-23-19-24-33-61)95(79-56-69(91)54-77(59-79)93(71-36-27-21-28-37-71)75-48-65(87(7,8)9)46-66(49-75)88(10,11)12)73-40-31-41-74(58-73)96(84-45-43-64(86(4,5)6)53-82(84)62-34-25-20-26-35-62)80-57-70(92)55-78(60-80)94(72-38-29-22-30-39-72)76-50-67(89(13,14)15)47-68(51-76)90(16,17)18/h19-60H,1-18H3. The van der Waals surface area contributed by atoms with Gasteiger partial charge in [0.05, 0.1) is 11.4 Å². The van der Waals surface area contributed by atoms with Crippen molar-refractivity contribution < 1.29 is 0 Å². The van der Waals surface area contributed by atoms with Gasteiger partial charge in [-0.25, -0.2) is 0 Å². The van der Waals surface area contributed by atoms with Gasteiger partial charge >= 0.3 is 0 Å².